The number of halogens is 1. The van der Waals surface area contributed by atoms with Crippen molar-refractivity contribution in [2.75, 3.05) is 48.8 Å². The molecule has 1 aromatic carbocycles. The molecule has 22 heavy (non-hydrogen) atoms. The van der Waals surface area contributed by atoms with Crippen molar-refractivity contribution in [3.05, 3.63) is 24.3 Å². The van der Waals surface area contributed by atoms with Gasteiger partial charge in [0.2, 0.25) is 5.91 Å². The molecule has 0 aliphatic carbocycles. The topological polar surface area (TPSA) is 55.8 Å². The van der Waals surface area contributed by atoms with E-state index in [9.17, 15) is 9.90 Å². The van der Waals surface area contributed by atoms with Gasteiger partial charge >= 0.3 is 0 Å². The van der Waals surface area contributed by atoms with Crippen LogP contribution in [0.3, 0.4) is 0 Å². The van der Waals surface area contributed by atoms with Gasteiger partial charge in [0.1, 0.15) is 0 Å². The number of anilines is 2. The Morgan fingerprint density at radius 2 is 2.00 bits per heavy atom. The molecule has 1 atom stereocenters. The summed E-state index contributed by atoms with van der Waals surface area (Å²) in [6.07, 6.45) is 0.450. The normalized spacial score (nSPS) is 17.0. The van der Waals surface area contributed by atoms with Gasteiger partial charge < -0.3 is 20.2 Å². The van der Waals surface area contributed by atoms with Crippen LogP contribution in [0.2, 0.25) is 0 Å². The number of carbonyl (C=O) groups excluding carboxylic acids is 1. The molecule has 0 saturated carbocycles. The number of nitrogens with one attached hydrogen (secondary N) is 1. The summed E-state index contributed by atoms with van der Waals surface area (Å²) in [5, 5.41) is 12.6. The van der Waals surface area contributed by atoms with Crippen molar-refractivity contribution in [2.24, 2.45) is 0 Å². The highest BCUT2D eigenvalue weighted by molar-refractivity contribution is 6.18. The minimum absolute atomic E-state index is 0.152. The van der Waals surface area contributed by atoms with E-state index in [1.165, 1.54) is 0 Å². The monoisotopic (exact) mass is 325 g/mol. The highest BCUT2D eigenvalue weighted by Crippen LogP contribution is 2.19. The summed E-state index contributed by atoms with van der Waals surface area (Å²) in [6, 6.07) is 8.14. The predicted molar refractivity (Wildman–Crippen MR) is 90.7 cm³/mol. The van der Waals surface area contributed by atoms with Crippen LogP contribution in [-0.2, 0) is 4.79 Å². The minimum Gasteiger partial charge on any atom is -0.390 e. The predicted octanol–water partition coefficient (Wildman–Crippen LogP) is 1.76. The van der Waals surface area contributed by atoms with E-state index in [-0.39, 0.29) is 11.8 Å². The van der Waals surface area contributed by atoms with Gasteiger partial charge in [-0.3, -0.25) is 4.79 Å². The number of amides is 1. The van der Waals surface area contributed by atoms with Crippen LogP contribution in [0.4, 0.5) is 11.4 Å². The molecule has 1 amide bonds. The van der Waals surface area contributed by atoms with Gasteiger partial charge in [-0.15, -0.1) is 11.6 Å². The molecule has 1 saturated heterocycles. The molecule has 1 aromatic rings. The number of nitrogens with zero attached hydrogens (tertiary/aromatic N) is 2. The molecule has 1 unspecified atom stereocenters. The van der Waals surface area contributed by atoms with Crippen molar-refractivity contribution in [1.82, 2.24) is 4.90 Å². The van der Waals surface area contributed by atoms with Crippen LogP contribution in [0.15, 0.2) is 24.3 Å². The molecule has 1 fully saturated rings. The number of hydrogen-bond donors (Lipinski definition) is 2. The zero-order valence-electron chi connectivity index (χ0n) is 13.0. The molecule has 2 rings (SSSR count). The third-order valence-electron chi connectivity index (χ3n) is 3.89. The number of hydrogen-bond acceptors (Lipinski definition) is 4. The molecule has 122 valence electrons. The van der Waals surface area contributed by atoms with Gasteiger partial charge in [-0.1, -0.05) is 0 Å². The number of aliphatic hydroxyl groups is 1. The third kappa shape index (κ3) is 4.78. The molecule has 2 N–H and O–H groups in total. The molecule has 5 nitrogen and oxygen atoms in total. The lowest BCUT2D eigenvalue weighted by molar-refractivity contribution is -0.128. The highest BCUT2D eigenvalue weighted by atomic mass is 35.5. The molecular weight excluding hydrogens is 302 g/mol. The first-order chi connectivity index (χ1) is 10.6. The number of rotatable bonds is 5. The molecule has 1 heterocycles. The smallest absolute Gasteiger partial charge is 0.219 e. The van der Waals surface area contributed by atoms with Gasteiger partial charge in [0.25, 0.3) is 0 Å². The maximum atomic E-state index is 11.5. The first-order valence-corrected chi connectivity index (χ1v) is 8.22. The Hall–Kier alpha value is -1.46. The Labute approximate surface area is 136 Å². The largest absolute Gasteiger partial charge is 0.390 e. The van der Waals surface area contributed by atoms with E-state index in [0.29, 0.717) is 6.54 Å². The fraction of sp³-hybridized carbons (Fsp3) is 0.562. The molecule has 1 aliphatic heterocycles. The van der Waals surface area contributed by atoms with Gasteiger partial charge in [0.15, 0.2) is 0 Å². The van der Waals surface area contributed by atoms with Gasteiger partial charge in [-0.05, 0) is 30.7 Å². The van der Waals surface area contributed by atoms with Crippen molar-refractivity contribution < 1.29 is 9.90 Å². The summed E-state index contributed by atoms with van der Waals surface area (Å²) < 4.78 is 0. The highest BCUT2D eigenvalue weighted by Gasteiger charge is 2.16. The Kier molecular flexibility index (Phi) is 6.34. The van der Waals surface area contributed by atoms with E-state index in [1.54, 1.807) is 6.92 Å². The Morgan fingerprint density at radius 3 is 2.64 bits per heavy atom. The summed E-state index contributed by atoms with van der Waals surface area (Å²) in [5.41, 5.74) is 2.13. The van der Waals surface area contributed by atoms with Crippen molar-refractivity contribution in [3.8, 4) is 0 Å². The summed E-state index contributed by atoms with van der Waals surface area (Å²) in [7, 11) is 0. The first kappa shape index (κ1) is 16.9. The van der Waals surface area contributed by atoms with Crippen LogP contribution in [0.25, 0.3) is 0 Å². The maximum Gasteiger partial charge on any atom is 0.219 e. The van der Waals surface area contributed by atoms with E-state index in [0.717, 1.165) is 44.0 Å². The molecule has 0 spiro atoms. The average Bonchev–Trinajstić information content (AvgIpc) is 2.79. The minimum atomic E-state index is -0.537. The Balaban J connectivity index is 1.91. The van der Waals surface area contributed by atoms with Crippen molar-refractivity contribution >= 4 is 28.9 Å². The second-order valence-corrected chi connectivity index (χ2v) is 5.89. The second-order valence-electron chi connectivity index (χ2n) is 5.58. The molecule has 1 aliphatic rings. The average molecular weight is 326 g/mol. The summed E-state index contributed by atoms with van der Waals surface area (Å²) >= 11 is 5.57. The fourth-order valence-corrected chi connectivity index (χ4v) is 2.68. The van der Waals surface area contributed by atoms with E-state index in [2.05, 4.69) is 22.3 Å². The zero-order valence-corrected chi connectivity index (χ0v) is 13.7. The molecule has 0 aromatic heterocycles. The van der Waals surface area contributed by atoms with Crippen LogP contribution < -0.4 is 10.2 Å². The maximum absolute atomic E-state index is 11.5. The molecule has 6 heteroatoms. The van der Waals surface area contributed by atoms with Crippen molar-refractivity contribution in [2.45, 2.75) is 19.4 Å². The Morgan fingerprint density at radius 1 is 1.27 bits per heavy atom. The van der Waals surface area contributed by atoms with Crippen LogP contribution >= 0.6 is 11.6 Å². The van der Waals surface area contributed by atoms with Gasteiger partial charge in [-0.2, -0.15) is 0 Å². The lowest BCUT2D eigenvalue weighted by Gasteiger charge is -2.23. The fourth-order valence-electron chi connectivity index (χ4n) is 2.57. The summed E-state index contributed by atoms with van der Waals surface area (Å²) in [6.45, 7) is 5.50. The first-order valence-electron chi connectivity index (χ1n) is 7.68. The van der Waals surface area contributed by atoms with Crippen LogP contribution in [0, 0.1) is 0 Å². The lowest BCUT2D eigenvalue weighted by atomic mass is 10.2. The van der Waals surface area contributed by atoms with Gasteiger partial charge in [-0.25, -0.2) is 0 Å². The van der Waals surface area contributed by atoms with E-state index in [4.69, 9.17) is 11.6 Å². The zero-order chi connectivity index (χ0) is 15.9. The van der Waals surface area contributed by atoms with Crippen LogP contribution in [0.1, 0.15) is 13.3 Å². The quantitative estimate of drug-likeness (QED) is 0.810. The van der Waals surface area contributed by atoms with E-state index < -0.39 is 6.10 Å². The summed E-state index contributed by atoms with van der Waals surface area (Å²) in [4.78, 5) is 15.7. The summed E-state index contributed by atoms with van der Waals surface area (Å²) in [5.74, 6) is 0.380. The molecular formula is C16H24ClN3O2. The lowest BCUT2D eigenvalue weighted by Crippen LogP contribution is -2.33. The second kappa shape index (κ2) is 8.25. The molecule has 0 bridgehead atoms. The Bertz CT molecular complexity index is 481. The van der Waals surface area contributed by atoms with Crippen molar-refractivity contribution in [1.29, 1.82) is 0 Å². The number of aliphatic hydroxyl groups excluding tert-OH is 1. The van der Waals surface area contributed by atoms with E-state index >= 15 is 0 Å². The standard InChI is InChI=1S/C16H24ClN3O2/c1-13(21)19-7-2-8-20(10-9-19)15-5-3-14(4-6-15)18-12-16(22)11-17/h3-6,16,18,22H,2,7-12H2,1H3. The van der Waals surface area contributed by atoms with Gasteiger partial charge in [0.05, 0.1) is 12.0 Å². The number of alkyl halides is 1. The SMILES string of the molecule is CC(=O)N1CCCN(c2ccc(NCC(O)CCl)cc2)CC1. The van der Waals surface area contributed by atoms with Gasteiger partial charge in [0, 0.05) is 51.0 Å². The molecule has 0 radical (unpaired) electrons. The van der Waals surface area contributed by atoms with Crippen LogP contribution in [0.5, 0.6) is 0 Å². The number of carbonyl (C=O) groups is 1. The van der Waals surface area contributed by atoms with E-state index in [1.807, 2.05) is 17.0 Å². The number of benzene rings is 1. The van der Waals surface area contributed by atoms with Crippen molar-refractivity contribution in [3.63, 3.8) is 0 Å². The third-order valence-corrected chi connectivity index (χ3v) is 4.25. The van der Waals surface area contributed by atoms with Crippen LogP contribution in [-0.4, -0.2) is 60.6 Å².